The minimum Gasteiger partial charge on any atom is -0.382 e. The van der Waals surface area contributed by atoms with Crippen LogP contribution in [0.25, 0.3) is 0 Å². The van der Waals surface area contributed by atoms with Crippen molar-refractivity contribution in [3.8, 4) is 0 Å². The SMILES string of the molecule is CC(C)n1ncc(NCCc2ccnn2C)c(Br)c1=O. The summed E-state index contributed by atoms with van der Waals surface area (Å²) in [6.07, 6.45) is 4.28. The molecule has 0 aliphatic heterocycles. The summed E-state index contributed by atoms with van der Waals surface area (Å²) in [6, 6.07) is 2.02. The standard InChI is InChI=1S/C13H18BrN5O/c1-9(2)19-13(20)12(14)11(8-17-19)15-6-4-10-5-7-16-18(10)3/h5,7-9,15H,4,6H2,1-3H3. The second kappa shape index (κ2) is 6.21. The third-order valence-electron chi connectivity index (χ3n) is 3.05. The summed E-state index contributed by atoms with van der Waals surface area (Å²) < 4.78 is 3.81. The largest absolute Gasteiger partial charge is 0.382 e. The van der Waals surface area contributed by atoms with Gasteiger partial charge in [0.05, 0.1) is 17.9 Å². The molecule has 0 aromatic carbocycles. The molecule has 108 valence electrons. The van der Waals surface area contributed by atoms with E-state index in [4.69, 9.17) is 0 Å². The van der Waals surface area contributed by atoms with E-state index in [9.17, 15) is 4.79 Å². The molecule has 0 aliphatic rings. The first-order chi connectivity index (χ1) is 9.50. The summed E-state index contributed by atoms with van der Waals surface area (Å²) in [5, 5.41) is 11.5. The Bertz CT molecular complexity index is 646. The Morgan fingerprint density at radius 2 is 2.15 bits per heavy atom. The predicted octanol–water partition coefficient (Wildman–Crippen LogP) is 1.97. The summed E-state index contributed by atoms with van der Waals surface area (Å²) in [4.78, 5) is 12.1. The Morgan fingerprint density at radius 3 is 2.75 bits per heavy atom. The van der Waals surface area contributed by atoms with Crippen LogP contribution < -0.4 is 10.9 Å². The average Bonchev–Trinajstić information content (AvgIpc) is 2.80. The summed E-state index contributed by atoms with van der Waals surface area (Å²) in [5.41, 5.74) is 1.73. The van der Waals surface area contributed by atoms with Gasteiger partial charge in [-0.2, -0.15) is 10.2 Å². The van der Waals surface area contributed by atoms with Gasteiger partial charge in [0.1, 0.15) is 4.47 Å². The molecule has 0 radical (unpaired) electrons. The fourth-order valence-corrected chi connectivity index (χ4v) is 2.33. The van der Waals surface area contributed by atoms with Gasteiger partial charge in [-0.05, 0) is 35.8 Å². The van der Waals surface area contributed by atoms with E-state index in [2.05, 4.69) is 31.4 Å². The molecule has 0 fully saturated rings. The van der Waals surface area contributed by atoms with Crippen molar-refractivity contribution in [1.82, 2.24) is 19.6 Å². The molecule has 0 saturated heterocycles. The van der Waals surface area contributed by atoms with Crippen LogP contribution in [0.5, 0.6) is 0 Å². The van der Waals surface area contributed by atoms with Crippen LogP contribution in [0, 0.1) is 0 Å². The second-order valence-corrected chi connectivity index (χ2v) is 5.63. The van der Waals surface area contributed by atoms with Crippen LogP contribution in [0.3, 0.4) is 0 Å². The Morgan fingerprint density at radius 1 is 1.40 bits per heavy atom. The van der Waals surface area contributed by atoms with Crippen molar-refractivity contribution in [2.24, 2.45) is 7.05 Å². The number of anilines is 1. The minimum absolute atomic E-state index is 0.0438. The highest BCUT2D eigenvalue weighted by atomic mass is 79.9. The van der Waals surface area contributed by atoms with Crippen LogP contribution in [0.1, 0.15) is 25.6 Å². The quantitative estimate of drug-likeness (QED) is 0.904. The maximum atomic E-state index is 12.1. The van der Waals surface area contributed by atoms with Gasteiger partial charge < -0.3 is 5.32 Å². The number of halogens is 1. The van der Waals surface area contributed by atoms with Crippen LogP contribution in [0.15, 0.2) is 27.7 Å². The monoisotopic (exact) mass is 339 g/mol. The maximum absolute atomic E-state index is 12.1. The molecule has 2 rings (SSSR count). The highest BCUT2D eigenvalue weighted by Gasteiger charge is 2.10. The topological polar surface area (TPSA) is 64.7 Å². The van der Waals surface area contributed by atoms with Gasteiger partial charge in [0.25, 0.3) is 5.56 Å². The molecule has 2 aromatic rings. The van der Waals surface area contributed by atoms with Gasteiger partial charge >= 0.3 is 0 Å². The normalized spacial score (nSPS) is 11.1. The highest BCUT2D eigenvalue weighted by Crippen LogP contribution is 2.17. The average molecular weight is 340 g/mol. The molecule has 0 unspecified atom stereocenters. The number of nitrogens with zero attached hydrogens (tertiary/aromatic N) is 4. The lowest BCUT2D eigenvalue weighted by atomic mass is 10.3. The summed E-state index contributed by atoms with van der Waals surface area (Å²) in [6.45, 7) is 4.57. The lowest BCUT2D eigenvalue weighted by molar-refractivity contribution is 0.501. The molecule has 0 atom stereocenters. The minimum atomic E-state index is -0.120. The van der Waals surface area contributed by atoms with Crippen molar-refractivity contribution in [2.75, 3.05) is 11.9 Å². The molecule has 6 nitrogen and oxygen atoms in total. The van der Waals surface area contributed by atoms with Gasteiger partial charge in [-0.25, -0.2) is 4.68 Å². The fourth-order valence-electron chi connectivity index (χ4n) is 1.91. The zero-order valence-corrected chi connectivity index (χ0v) is 13.4. The number of nitrogens with one attached hydrogen (secondary N) is 1. The predicted molar refractivity (Wildman–Crippen MR) is 82.0 cm³/mol. The van der Waals surface area contributed by atoms with Crippen LogP contribution in [-0.2, 0) is 13.5 Å². The van der Waals surface area contributed by atoms with Gasteiger partial charge in [0.2, 0.25) is 0 Å². The van der Waals surface area contributed by atoms with E-state index in [-0.39, 0.29) is 11.6 Å². The highest BCUT2D eigenvalue weighted by molar-refractivity contribution is 9.10. The molecule has 2 aromatic heterocycles. The Hall–Kier alpha value is -1.63. The zero-order chi connectivity index (χ0) is 14.7. The molecule has 0 saturated carbocycles. The summed E-state index contributed by atoms with van der Waals surface area (Å²) in [7, 11) is 1.91. The number of hydrogen-bond donors (Lipinski definition) is 1. The van der Waals surface area contributed by atoms with Gasteiger partial charge in [-0.3, -0.25) is 9.48 Å². The van der Waals surface area contributed by atoms with Crippen molar-refractivity contribution >= 4 is 21.6 Å². The molecule has 0 spiro atoms. The number of hydrogen-bond acceptors (Lipinski definition) is 4. The van der Waals surface area contributed by atoms with Gasteiger partial charge in [-0.1, -0.05) is 0 Å². The number of aromatic nitrogens is 4. The van der Waals surface area contributed by atoms with E-state index in [1.807, 2.05) is 31.6 Å². The molecule has 20 heavy (non-hydrogen) atoms. The molecule has 0 bridgehead atoms. The Kier molecular flexibility index (Phi) is 4.59. The van der Waals surface area contributed by atoms with Crippen molar-refractivity contribution < 1.29 is 0 Å². The Labute approximate surface area is 125 Å². The van der Waals surface area contributed by atoms with Crippen LogP contribution >= 0.6 is 15.9 Å². The first-order valence-corrected chi connectivity index (χ1v) is 7.28. The van der Waals surface area contributed by atoms with Crippen molar-refractivity contribution in [1.29, 1.82) is 0 Å². The van der Waals surface area contributed by atoms with E-state index in [1.165, 1.54) is 4.68 Å². The Balaban J connectivity index is 2.05. The fraction of sp³-hybridized carbons (Fsp3) is 0.462. The van der Waals surface area contributed by atoms with Crippen molar-refractivity contribution in [2.45, 2.75) is 26.3 Å². The molecular weight excluding hydrogens is 322 g/mol. The first kappa shape index (κ1) is 14.8. The van der Waals surface area contributed by atoms with Gasteiger partial charge in [-0.15, -0.1) is 0 Å². The van der Waals surface area contributed by atoms with Gasteiger partial charge in [0, 0.05) is 31.9 Å². The van der Waals surface area contributed by atoms with Crippen LogP contribution in [-0.4, -0.2) is 26.1 Å². The van der Waals surface area contributed by atoms with Gasteiger partial charge in [0.15, 0.2) is 0 Å². The third kappa shape index (κ3) is 3.09. The molecule has 2 heterocycles. The van der Waals surface area contributed by atoms with Crippen LogP contribution in [0.4, 0.5) is 5.69 Å². The van der Waals surface area contributed by atoms with Crippen molar-refractivity contribution in [3.63, 3.8) is 0 Å². The van der Waals surface area contributed by atoms with E-state index in [0.717, 1.165) is 12.1 Å². The zero-order valence-electron chi connectivity index (χ0n) is 11.8. The molecule has 7 heteroatoms. The number of aryl methyl sites for hydroxylation is 1. The summed E-state index contributed by atoms with van der Waals surface area (Å²) >= 11 is 3.34. The molecule has 0 amide bonds. The van der Waals surface area contributed by atoms with E-state index in [1.54, 1.807) is 12.4 Å². The first-order valence-electron chi connectivity index (χ1n) is 6.48. The smallest absolute Gasteiger partial charge is 0.283 e. The third-order valence-corrected chi connectivity index (χ3v) is 3.82. The van der Waals surface area contributed by atoms with Crippen molar-refractivity contribution in [3.05, 3.63) is 39.0 Å². The molecular formula is C13H18BrN5O. The lowest BCUT2D eigenvalue weighted by Gasteiger charge is -2.12. The summed E-state index contributed by atoms with van der Waals surface area (Å²) in [5.74, 6) is 0. The maximum Gasteiger partial charge on any atom is 0.283 e. The number of rotatable bonds is 5. The van der Waals surface area contributed by atoms with Crippen LogP contribution in [0.2, 0.25) is 0 Å². The van der Waals surface area contributed by atoms with E-state index >= 15 is 0 Å². The molecule has 0 aliphatic carbocycles. The van der Waals surface area contributed by atoms with E-state index < -0.39 is 0 Å². The lowest BCUT2D eigenvalue weighted by Crippen LogP contribution is -2.26. The molecule has 1 N–H and O–H groups in total. The van der Waals surface area contributed by atoms with E-state index in [0.29, 0.717) is 16.7 Å². The second-order valence-electron chi connectivity index (χ2n) is 4.84.